The molecular weight excluding hydrogens is 270 g/mol. The number of fused-ring (bicyclic) bond motifs is 1. The molecule has 3 aromatic heterocycles. The first-order chi connectivity index (χ1) is 9.88. The van der Waals surface area contributed by atoms with Crippen molar-refractivity contribution in [1.29, 1.82) is 0 Å². The van der Waals surface area contributed by atoms with Gasteiger partial charge in [-0.05, 0) is 30.8 Å². The minimum absolute atomic E-state index is 0.802. The van der Waals surface area contributed by atoms with Crippen LogP contribution in [0.2, 0.25) is 0 Å². The Morgan fingerprint density at radius 2 is 2.25 bits per heavy atom. The second-order valence-electron chi connectivity index (χ2n) is 4.44. The van der Waals surface area contributed by atoms with Crippen LogP contribution in [-0.2, 0) is 12.3 Å². The molecule has 0 aromatic carbocycles. The molecule has 0 atom stereocenters. The average Bonchev–Trinajstić information content (AvgIpc) is 3.10. The van der Waals surface area contributed by atoms with Crippen LogP contribution in [0.1, 0.15) is 18.4 Å². The summed E-state index contributed by atoms with van der Waals surface area (Å²) in [5.74, 6) is 1.78. The van der Waals surface area contributed by atoms with Crippen molar-refractivity contribution in [3.05, 3.63) is 54.2 Å². The molecule has 3 aromatic rings. The van der Waals surface area contributed by atoms with Crippen molar-refractivity contribution in [2.24, 2.45) is 0 Å². The van der Waals surface area contributed by atoms with Crippen molar-refractivity contribution in [3.8, 4) is 0 Å². The summed E-state index contributed by atoms with van der Waals surface area (Å²) in [5, 5.41) is 4.44. The lowest BCUT2D eigenvalue weighted by Crippen LogP contribution is -2.14. The van der Waals surface area contributed by atoms with Crippen LogP contribution in [-0.4, -0.2) is 15.9 Å². The van der Waals surface area contributed by atoms with Gasteiger partial charge in [0.25, 0.3) is 0 Å². The van der Waals surface area contributed by atoms with Crippen molar-refractivity contribution in [2.45, 2.75) is 24.2 Å². The highest BCUT2D eigenvalue weighted by molar-refractivity contribution is 7.98. The van der Waals surface area contributed by atoms with E-state index in [9.17, 15) is 0 Å². The molecule has 0 unspecified atom stereocenters. The Morgan fingerprint density at radius 3 is 3.05 bits per heavy atom. The van der Waals surface area contributed by atoms with E-state index in [0.29, 0.717) is 0 Å². The molecule has 0 spiro atoms. The lowest BCUT2D eigenvalue weighted by atomic mass is 10.4. The van der Waals surface area contributed by atoms with Gasteiger partial charge in [0.15, 0.2) is 0 Å². The number of pyridine rings is 1. The summed E-state index contributed by atoms with van der Waals surface area (Å²) in [4.78, 5) is 4.71. The number of aromatic nitrogens is 2. The zero-order valence-electron chi connectivity index (χ0n) is 11.4. The Hall–Kier alpha value is -1.72. The third-order valence-corrected chi connectivity index (χ3v) is 4.10. The molecule has 3 heterocycles. The number of hydrogen-bond donors (Lipinski definition) is 1. The molecule has 3 rings (SSSR count). The molecule has 20 heavy (non-hydrogen) atoms. The zero-order chi connectivity index (χ0) is 13.8. The fraction of sp³-hybridized carbons (Fsp3) is 0.267. The summed E-state index contributed by atoms with van der Waals surface area (Å²) < 4.78 is 7.53. The van der Waals surface area contributed by atoms with Gasteiger partial charge in [-0.1, -0.05) is 24.8 Å². The van der Waals surface area contributed by atoms with Gasteiger partial charge < -0.3 is 14.1 Å². The van der Waals surface area contributed by atoms with Gasteiger partial charge >= 0.3 is 0 Å². The predicted molar refractivity (Wildman–Crippen MR) is 80.8 cm³/mol. The van der Waals surface area contributed by atoms with Crippen molar-refractivity contribution < 1.29 is 4.42 Å². The molecule has 0 radical (unpaired) electrons. The largest absolute Gasteiger partial charge is 0.468 e. The van der Waals surface area contributed by atoms with E-state index in [0.717, 1.165) is 35.3 Å². The van der Waals surface area contributed by atoms with Crippen LogP contribution >= 0.6 is 11.8 Å². The lowest BCUT2D eigenvalue weighted by Gasteiger charge is -2.04. The minimum Gasteiger partial charge on any atom is -0.468 e. The van der Waals surface area contributed by atoms with Gasteiger partial charge in [-0.3, -0.25) is 0 Å². The Kier molecular flexibility index (Phi) is 4.08. The fourth-order valence-electron chi connectivity index (χ4n) is 2.08. The van der Waals surface area contributed by atoms with Crippen molar-refractivity contribution >= 4 is 17.4 Å². The SMILES string of the molecule is CCNCc1c(SCc2ccco2)nc2ccccn12. The van der Waals surface area contributed by atoms with E-state index < -0.39 is 0 Å². The van der Waals surface area contributed by atoms with Crippen LogP contribution in [0, 0.1) is 0 Å². The predicted octanol–water partition coefficient (Wildman–Crippen LogP) is 3.33. The van der Waals surface area contributed by atoms with Crippen molar-refractivity contribution in [2.75, 3.05) is 6.54 Å². The molecule has 0 saturated heterocycles. The smallest absolute Gasteiger partial charge is 0.138 e. The molecule has 0 fully saturated rings. The number of furan rings is 1. The van der Waals surface area contributed by atoms with Crippen LogP contribution in [0.3, 0.4) is 0 Å². The van der Waals surface area contributed by atoms with Crippen molar-refractivity contribution in [1.82, 2.24) is 14.7 Å². The average molecular weight is 287 g/mol. The van der Waals surface area contributed by atoms with Crippen molar-refractivity contribution in [3.63, 3.8) is 0 Å². The van der Waals surface area contributed by atoms with Crippen LogP contribution in [0.5, 0.6) is 0 Å². The Labute approximate surface area is 122 Å². The quantitative estimate of drug-likeness (QED) is 0.706. The monoisotopic (exact) mass is 287 g/mol. The van der Waals surface area contributed by atoms with E-state index in [1.807, 2.05) is 30.3 Å². The first kappa shape index (κ1) is 13.3. The summed E-state index contributed by atoms with van der Waals surface area (Å²) in [6.07, 6.45) is 3.77. The molecule has 5 heteroatoms. The standard InChI is InChI=1S/C15H17N3OS/c1-2-16-10-13-15(20-11-12-6-5-9-19-12)17-14-7-3-4-8-18(13)14/h3-9,16H,2,10-11H2,1H3. The number of imidazole rings is 1. The van der Waals surface area contributed by atoms with Gasteiger partial charge in [-0.15, -0.1) is 0 Å². The molecule has 0 aliphatic heterocycles. The maximum Gasteiger partial charge on any atom is 0.138 e. The van der Waals surface area contributed by atoms with Gasteiger partial charge in [-0.25, -0.2) is 4.98 Å². The van der Waals surface area contributed by atoms with Crippen LogP contribution in [0.4, 0.5) is 0 Å². The van der Waals surface area contributed by atoms with Gasteiger partial charge in [0.2, 0.25) is 0 Å². The minimum atomic E-state index is 0.802. The lowest BCUT2D eigenvalue weighted by molar-refractivity contribution is 0.530. The molecule has 104 valence electrons. The van der Waals surface area contributed by atoms with Gasteiger partial charge in [0.1, 0.15) is 16.4 Å². The summed E-state index contributed by atoms with van der Waals surface area (Å²) in [7, 11) is 0. The van der Waals surface area contributed by atoms with E-state index in [2.05, 4.69) is 22.8 Å². The highest BCUT2D eigenvalue weighted by Gasteiger charge is 2.12. The molecule has 1 N–H and O–H groups in total. The highest BCUT2D eigenvalue weighted by atomic mass is 32.2. The number of hydrogen-bond acceptors (Lipinski definition) is 4. The number of nitrogens with one attached hydrogen (secondary N) is 1. The molecule has 0 saturated carbocycles. The van der Waals surface area contributed by atoms with Crippen LogP contribution in [0.25, 0.3) is 5.65 Å². The van der Waals surface area contributed by atoms with E-state index in [-0.39, 0.29) is 0 Å². The van der Waals surface area contributed by atoms with Crippen LogP contribution < -0.4 is 5.32 Å². The molecule has 4 nitrogen and oxygen atoms in total. The number of thioether (sulfide) groups is 1. The molecule has 0 bridgehead atoms. The molecule has 0 aliphatic rings. The van der Waals surface area contributed by atoms with E-state index in [1.165, 1.54) is 5.69 Å². The summed E-state index contributed by atoms with van der Waals surface area (Å²) in [5.41, 5.74) is 2.20. The highest BCUT2D eigenvalue weighted by Crippen LogP contribution is 2.26. The second kappa shape index (κ2) is 6.15. The third-order valence-electron chi connectivity index (χ3n) is 3.07. The van der Waals surface area contributed by atoms with E-state index >= 15 is 0 Å². The summed E-state index contributed by atoms with van der Waals surface area (Å²) >= 11 is 1.72. The maximum absolute atomic E-state index is 5.38. The zero-order valence-corrected chi connectivity index (χ0v) is 12.2. The first-order valence-corrected chi connectivity index (χ1v) is 7.69. The Balaban J connectivity index is 1.87. The van der Waals surface area contributed by atoms with Gasteiger partial charge in [-0.2, -0.15) is 0 Å². The first-order valence-electron chi connectivity index (χ1n) is 6.70. The van der Waals surface area contributed by atoms with Gasteiger partial charge in [0, 0.05) is 12.7 Å². The summed E-state index contributed by atoms with van der Waals surface area (Å²) in [6, 6.07) is 9.99. The number of rotatable bonds is 6. The fourth-order valence-corrected chi connectivity index (χ4v) is 3.02. The molecular formula is C15H17N3OS. The Morgan fingerprint density at radius 1 is 1.30 bits per heavy atom. The second-order valence-corrected chi connectivity index (χ2v) is 5.40. The normalized spacial score (nSPS) is 11.2. The molecule has 0 amide bonds. The topological polar surface area (TPSA) is 42.5 Å². The maximum atomic E-state index is 5.38. The number of nitrogens with zero attached hydrogens (tertiary/aromatic N) is 2. The molecule has 0 aliphatic carbocycles. The van der Waals surface area contributed by atoms with E-state index in [4.69, 9.17) is 9.40 Å². The van der Waals surface area contributed by atoms with Crippen LogP contribution in [0.15, 0.2) is 52.2 Å². The van der Waals surface area contributed by atoms with E-state index in [1.54, 1.807) is 18.0 Å². The van der Waals surface area contributed by atoms with Gasteiger partial charge in [0.05, 0.1) is 17.7 Å². The summed E-state index contributed by atoms with van der Waals surface area (Å²) in [6.45, 7) is 3.88. The Bertz CT molecular complexity index is 676. The third kappa shape index (κ3) is 2.73.